The number of hydrogen-bond acceptors (Lipinski definition) is 2. The highest BCUT2D eigenvalue weighted by Crippen LogP contribution is 2.21. The second-order valence-corrected chi connectivity index (χ2v) is 6.50. The van der Waals surface area contributed by atoms with E-state index in [-0.39, 0.29) is 5.75 Å². The molecule has 0 radical (unpaired) electrons. The lowest BCUT2D eigenvalue weighted by Gasteiger charge is -2.08. The number of halogens is 2. The van der Waals surface area contributed by atoms with E-state index >= 15 is 0 Å². The second kappa shape index (κ2) is 5.89. The summed E-state index contributed by atoms with van der Waals surface area (Å²) in [5, 5.41) is 0. The molecular weight excluding hydrogens is 314 g/mol. The van der Waals surface area contributed by atoms with Gasteiger partial charge in [0.25, 0.3) is 0 Å². The summed E-state index contributed by atoms with van der Waals surface area (Å²) in [4.78, 5) is 0. The van der Waals surface area contributed by atoms with Crippen LogP contribution in [0.25, 0.3) is 0 Å². The summed E-state index contributed by atoms with van der Waals surface area (Å²) in [7, 11) is -3.28. The third-order valence-electron chi connectivity index (χ3n) is 1.99. The van der Waals surface area contributed by atoms with E-state index in [2.05, 4.69) is 20.7 Å². The molecular formula is C10H13BrClNO2S. The molecule has 0 atom stereocenters. The third kappa shape index (κ3) is 4.31. The molecule has 1 N–H and O–H groups in total. The highest BCUT2D eigenvalue weighted by molar-refractivity contribution is 9.10. The lowest BCUT2D eigenvalue weighted by molar-refractivity contribution is 0.600. The van der Waals surface area contributed by atoms with Gasteiger partial charge in [0, 0.05) is 16.0 Å². The minimum Gasteiger partial charge on any atom is -0.284 e. The maximum Gasteiger partial charge on any atom is 0.232 e. The van der Waals surface area contributed by atoms with Gasteiger partial charge >= 0.3 is 0 Å². The second-order valence-electron chi connectivity index (χ2n) is 3.43. The number of sulfonamides is 1. The summed E-state index contributed by atoms with van der Waals surface area (Å²) in [6, 6.07) is 5.33. The standard InChI is InChI=1S/C10H13BrClNO2S/c1-8-3-4-9(7-10(8)11)13-16(14,15)6-2-5-12/h3-4,7,13H,2,5-6H2,1H3. The molecule has 1 rings (SSSR count). The summed E-state index contributed by atoms with van der Waals surface area (Å²) in [5.74, 6) is 0.389. The quantitative estimate of drug-likeness (QED) is 0.845. The van der Waals surface area contributed by atoms with Gasteiger partial charge in [0.05, 0.1) is 5.75 Å². The van der Waals surface area contributed by atoms with Gasteiger partial charge in [-0.15, -0.1) is 11.6 Å². The number of benzene rings is 1. The van der Waals surface area contributed by atoms with Gasteiger partial charge in [-0.3, -0.25) is 4.72 Å². The van der Waals surface area contributed by atoms with Gasteiger partial charge in [0.1, 0.15) is 0 Å². The lowest BCUT2D eigenvalue weighted by atomic mass is 10.2. The predicted octanol–water partition coefficient (Wildman–Crippen LogP) is 3.13. The van der Waals surface area contributed by atoms with Crippen LogP contribution in [0, 0.1) is 6.92 Å². The van der Waals surface area contributed by atoms with Crippen molar-refractivity contribution in [1.29, 1.82) is 0 Å². The largest absolute Gasteiger partial charge is 0.284 e. The molecule has 0 aliphatic heterocycles. The molecule has 1 aromatic carbocycles. The maximum absolute atomic E-state index is 11.6. The van der Waals surface area contributed by atoms with Crippen molar-refractivity contribution < 1.29 is 8.42 Å². The van der Waals surface area contributed by atoms with Crippen LogP contribution in [-0.2, 0) is 10.0 Å². The minimum absolute atomic E-state index is 0.0436. The van der Waals surface area contributed by atoms with E-state index in [9.17, 15) is 8.42 Å². The third-order valence-corrected chi connectivity index (χ3v) is 4.49. The molecule has 0 aromatic heterocycles. The lowest BCUT2D eigenvalue weighted by Crippen LogP contribution is -2.16. The van der Waals surface area contributed by atoms with Crippen LogP contribution in [0.1, 0.15) is 12.0 Å². The van der Waals surface area contributed by atoms with Gasteiger partial charge in [-0.05, 0) is 31.0 Å². The molecule has 90 valence electrons. The predicted molar refractivity (Wildman–Crippen MR) is 71.6 cm³/mol. The average molecular weight is 327 g/mol. The molecule has 0 heterocycles. The van der Waals surface area contributed by atoms with E-state index in [0.29, 0.717) is 18.0 Å². The van der Waals surface area contributed by atoms with E-state index in [1.165, 1.54) is 0 Å². The number of hydrogen-bond donors (Lipinski definition) is 1. The monoisotopic (exact) mass is 325 g/mol. The van der Waals surface area contributed by atoms with Crippen LogP contribution < -0.4 is 4.72 Å². The Hall–Kier alpha value is -0.260. The topological polar surface area (TPSA) is 46.2 Å². The van der Waals surface area contributed by atoms with Crippen LogP contribution in [0.2, 0.25) is 0 Å². The Balaban J connectivity index is 2.76. The minimum atomic E-state index is -3.28. The molecule has 0 aliphatic carbocycles. The first-order chi connectivity index (χ1) is 7.44. The van der Waals surface area contributed by atoms with Crippen LogP contribution in [0.5, 0.6) is 0 Å². The van der Waals surface area contributed by atoms with Crippen molar-refractivity contribution in [3.63, 3.8) is 0 Å². The highest BCUT2D eigenvalue weighted by Gasteiger charge is 2.10. The zero-order chi connectivity index (χ0) is 12.2. The Morgan fingerprint density at radius 3 is 2.69 bits per heavy atom. The molecule has 0 unspecified atom stereocenters. The first kappa shape index (κ1) is 13.8. The summed E-state index contributed by atoms with van der Waals surface area (Å²) in [6.07, 6.45) is 0.448. The summed E-state index contributed by atoms with van der Waals surface area (Å²) >= 11 is 8.81. The van der Waals surface area contributed by atoms with Crippen molar-refractivity contribution in [2.24, 2.45) is 0 Å². The van der Waals surface area contributed by atoms with Crippen molar-refractivity contribution in [3.8, 4) is 0 Å². The van der Waals surface area contributed by atoms with Crippen LogP contribution in [0.3, 0.4) is 0 Å². The molecule has 0 spiro atoms. The fourth-order valence-corrected chi connectivity index (χ4v) is 2.91. The van der Waals surface area contributed by atoms with Crippen LogP contribution >= 0.6 is 27.5 Å². The zero-order valence-electron chi connectivity index (χ0n) is 8.83. The number of rotatable bonds is 5. The molecule has 0 aliphatic rings. The van der Waals surface area contributed by atoms with Gasteiger partial charge < -0.3 is 0 Å². The van der Waals surface area contributed by atoms with Crippen molar-refractivity contribution in [2.45, 2.75) is 13.3 Å². The number of aryl methyl sites for hydroxylation is 1. The van der Waals surface area contributed by atoms with E-state index < -0.39 is 10.0 Å². The highest BCUT2D eigenvalue weighted by atomic mass is 79.9. The summed E-state index contributed by atoms with van der Waals surface area (Å²) in [5.41, 5.74) is 1.62. The molecule has 16 heavy (non-hydrogen) atoms. The Morgan fingerprint density at radius 1 is 1.44 bits per heavy atom. The summed E-state index contributed by atoms with van der Waals surface area (Å²) < 4.78 is 26.5. The Morgan fingerprint density at radius 2 is 2.12 bits per heavy atom. The number of nitrogens with one attached hydrogen (secondary N) is 1. The van der Waals surface area contributed by atoms with Gasteiger partial charge in [-0.2, -0.15) is 0 Å². The molecule has 0 saturated carbocycles. The van der Waals surface area contributed by atoms with Crippen molar-refractivity contribution in [3.05, 3.63) is 28.2 Å². The SMILES string of the molecule is Cc1ccc(NS(=O)(=O)CCCCl)cc1Br. The average Bonchev–Trinajstić information content (AvgIpc) is 2.20. The first-order valence-corrected chi connectivity index (χ1v) is 7.75. The van der Waals surface area contributed by atoms with Crippen molar-refractivity contribution >= 4 is 43.2 Å². The molecule has 0 fully saturated rings. The van der Waals surface area contributed by atoms with Crippen LogP contribution in [-0.4, -0.2) is 20.1 Å². The van der Waals surface area contributed by atoms with Crippen molar-refractivity contribution in [1.82, 2.24) is 0 Å². The molecule has 0 amide bonds. The smallest absolute Gasteiger partial charge is 0.232 e. The van der Waals surface area contributed by atoms with Gasteiger partial charge in [-0.25, -0.2) is 8.42 Å². The maximum atomic E-state index is 11.6. The van der Waals surface area contributed by atoms with E-state index in [0.717, 1.165) is 10.0 Å². The Labute approximate surface area is 109 Å². The van der Waals surface area contributed by atoms with Crippen molar-refractivity contribution in [2.75, 3.05) is 16.4 Å². The fourth-order valence-electron chi connectivity index (χ4n) is 1.13. The van der Waals surface area contributed by atoms with E-state index in [1.54, 1.807) is 12.1 Å². The van der Waals surface area contributed by atoms with Gasteiger partial charge in [0.15, 0.2) is 0 Å². The molecule has 0 bridgehead atoms. The van der Waals surface area contributed by atoms with Gasteiger partial charge in [-0.1, -0.05) is 22.0 Å². The normalized spacial score (nSPS) is 11.4. The molecule has 1 aromatic rings. The number of anilines is 1. The molecule has 0 saturated heterocycles. The Bertz CT molecular complexity index is 462. The van der Waals surface area contributed by atoms with Gasteiger partial charge in [0.2, 0.25) is 10.0 Å². The molecule has 6 heteroatoms. The van der Waals surface area contributed by atoms with E-state index in [1.807, 2.05) is 13.0 Å². The van der Waals surface area contributed by atoms with E-state index in [4.69, 9.17) is 11.6 Å². The number of alkyl halides is 1. The Kier molecular flexibility index (Phi) is 5.08. The first-order valence-electron chi connectivity index (χ1n) is 4.77. The van der Waals surface area contributed by atoms with Crippen LogP contribution in [0.15, 0.2) is 22.7 Å². The summed E-state index contributed by atoms with van der Waals surface area (Å²) in [6.45, 7) is 1.94. The molecule has 3 nitrogen and oxygen atoms in total. The zero-order valence-corrected chi connectivity index (χ0v) is 12.0. The van der Waals surface area contributed by atoms with Crippen LogP contribution in [0.4, 0.5) is 5.69 Å². The fraction of sp³-hybridized carbons (Fsp3) is 0.400.